The minimum absolute atomic E-state index is 0.0260. The number of aliphatic hydroxyl groups is 1. The van der Waals surface area contributed by atoms with Crippen molar-refractivity contribution >= 4 is 34.8 Å². The van der Waals surface area contributed by atoms with Gasteiger partial charge in [0.25, 0.3) is 0 Å². The number of alkyl halides is 1. The van der Waals surface area contributed by atoms with Crippen molar-refractivity contribution in [2.24, 2.45) is 5.92 Å². The summed E-state index contributed by atoms with van der Waals surface area (Å²) in [6.45, 7) is 11.8. The molecule has 8 heteroatoms. The van der Waals surface area contributed by atoms with Gasteiger partial charge >= 0.3 is 0 Å². The first-order valence-corrected chi connectivity index (χ1v) is 12.9. The second-order valence-corrected chi connectivity index (χ2v) is 10.5. The number of ether oxygens (including phenoxy) is 3. The molecule has 1 heterocycles. The van der Waals surface area contributed by atoms with Gasteiger partial charge in [-0.05, 0) is 35.4 Å². The average Bonchev–Trinajstić information content (AvgIpc) is 2.82. The number of benzene rings is 2. The summed E-state index contributed by atoms with van der Waals surface area (Å²) in [6.07, 6.45) is -0.784. The van der Waals surface area contributed by atoms with Crippen LogP contribution in [0.2, 0.25) is 10.0 Å². The lowest BCUT2D eigenvalue weighted by Gasteiger charge is -2.29. The minimum Gasteiger partial charge on any atom is -0.493 e. The quantitative estimate of drug-likeness (QED) is 0.381. The van der Waals surface area contributed by atoms with Gasteiger partial charge in [0, 0.05) is 31.0 Å². The molecule has 0 bridgehead atoms. The Balaban J connectivity index is 1.62. The van der Waals surface area contributed by atoms with Gasteiger partial charge in [0.1, 0.15) is 18.5 Å². The molecule has 0 radical (unpaired) electrons. The Morgan fingerprint density at radius 1 is 1.00 bits per heavy atom. The molecule has 5 nitrogen and oxygen atoms in total. The third-order valence-corrected chi connectivity index (χ3v) is 7.02. The summed E-state index contributed by atoms with van der Waals surface area (Å²) in [4.78, 5) is 2.43. The highest BCUT2D eigenvalue weighted by molar-refractivity contribution is 6.37. The van der Waals surface area contributed by atoms with E-state index in [2.05, 4.69) is 37.8 Å². The fraction of sp³-hybridized carbons (Fsp3) is 0.538. The van der Waals surface area contributed by atoms with Crippen molar-refractivity contribution in [3.8, 4) is 11.5 Å². The van der Waals surface area contributed by atoms with E-state index in [1.165, 1.54) is 0 Å². The van der Waals surface area contributed by atoms with E-state index in [1.807, 2.05) is 24.3 Å². The Hall–Kier alpha value is -1.21. The molecule has 0 aliphatic carbocycles. The second kappa shape index (κ2) is 12.7. The van der Waals surface area contributed by atoms with Crippen LogP contribution in [-0.4, -0.2) is 68.1 Å². The van der Waals surface area contributed by atoms with Gasteiger partial charge in [-0.3, -0.25) is 4.90 Å². The molecule has 0 spiro atoms. The molecule has 34 heavy (non-hydrogen) atoms. The standard InChI is InChI=1S/C26H34Cl3NO4/c1-18(15-30-8-10-32-11-9-30)16-33-22-6-4-19(5-7-22)26(2,3)20-12-23(28)25(24(29)13-20)34-17-21(31)14-27/h4-7,12-13,18,21,31H,8-11,14-17H2,1-3H3. The number of aliphatic hydroxyl groups excluding tert-OH is 1. The molecule has 1 aliphatic heterocycles. The number of rotatable bonds is 11. The van der Waals surface area contributed by atoms with Gasteiger partial charge in [-0.15, -0.1) is 11.6 Å². The molecule has 3 rings (SSSR count). The van der Waals surface area contributed by atoms with Gasteiger partial charge in [0.15, 0.2) is 5.75 Å². The zero-order valence-corrected chi connectivity index (χ0v) is 22.3. The Labute approximate surface area is 217 Å². The third kappa shape index (κ3) is 7.39. The molecule has 2 aromatic rings. The number of hydrogen-bond donors (Lipinski definition) is 1. The van der Waals surface area contributed by atoms with E-state index in [-0.39, 0.29) is 17.9 Å². The van der Waals surface area contributed by atoms with Gasteiger partial charge in [0.05, 0.1) is 35.7 Å². The summed E-state index contributed by atoms with van der Waals surface area (Å²) in [6, 6.07) is 11.9. The summed E-state index contributed by atoms with van der Waals surface area (Å²) >= 11 is 18.6. The van der Waals surface area contributed by atoms with Crippen molar-refractivity contribution in [2.45, 2.75) is 32.3 Å². The van der Waals surface area contributed by atoms with Crippen molar-refractivity contribution in [1.82, 2.24) is 4.90 Å². The lowest BCUT2D eigenvalue weighted by Crippen LogP contribution is -2.39. The van der Waals surface area contributed by atoms with Crippen LogP contribution in [0.25, 0.3) is 0 Å². The molecule has 0 saturated carbocycles. The Bertz CT molecular complexity index is 894. The minimum atomic E-state index is -0.784. The molecule has 1 N–H and O–H groups in total. The number of morpholine rings is 1. The maximum atomic E-state index is 9.64. The highest BCUT2D eigenvalue weighted by Gasteiger charge is 2.26. The van der Waals surface area contributed by atoms with Crippen LogP contribution in [0.4, 0.5) is 0 Å². The van der Waals surface area contributed by atoms with Crippen LogP contribution in [0.3, 0.4) is 0 Å². The van der Waals surface area contributed by atoms with E-state index in [1.54, 1.807) is 0 Å². The highest BCUT2D eigenvalue weighted by atomic mass is 35.5. The van der Waals surface area contributed by atoms with Gasteiger partial charge in [-0.1, -0.05) is 56.1 Å². The number of hydrogen-bond acceptors (Lipinski definition) is 5. The molecule has 2 aromatic carbocycles. The SMILES string of the molecule is CC(COc1ccc(C(C)(C)c2cc(Cl)c(OCC(O)CCl)c(Cl)c2)cc1)CN1CCOCC1. The van der Waals surface area contributed by atoms with Crippen LogP contribution >= 0.6 is 34.8 Å². The fourth-order valence-electron chi connectivity index (χ4n) is 3.93. The smallest absolute Gasteiger partial charge is 0.156 e. The molecule has 2 unspecified atom stereocenters. The first-order valence-electron chi connectivity index (χ1n) is 11.6. The molecule has 188 valence electrons. The maximum absolute atomic E-state index is 9.64. The normalized spacial score (nSPS) is 16.8. The molecule has 0 aromatic heterocycles. The molecule has 0 amide bonds. The predicted molar refractivity (Wildman–Crippen MR) is 139 cm³/mol. The molecular weight excluding hydrogens is 497 g/mol. The van der Waals surface area contributed by atoms with Crippen molar-refractivity contribution in [3.63, 3.8) is 0 Å². The van der Waals surface area contributed by atoms with Crippen LogP contribution < -0.4 is 9.47 Å². The van der Waals surface area contributed by atoms with Crippen LogP contribution in [0.1, 0.15) is 31.9 Å². The van der Waals surface area contributed by atoms with Gasteiger partial charge in [0.2, 0.25) is 0 Å². The topological polar surface area (TPSA) is 51.2 Å². The van der Waals surface area contributed by atoms with Crippen molar-refractivity contribution in [3.05, 3.63) is 57.6 Å². The molecule has 1 saturated heterocycles. The largest absolute Gasteiger partial charge is 0.493 e. The molecule has 1 fully saturated rings. The van der Waals surface area contributed by atoms with Crippen LogP contribution in [0.15, 0.2) is 36.4 Å². The van der Waals surface area contributed by atoms with Crippen LogP contribution in [-0.2, 0) is 10.2 Å². The van der Waals surface area contributed by atoms with E-state index in [0.29, 0.717) is 28.3 Å². The first kappa shape index (κ1) is 27.4. The molecule has 1 aliphatic rings. The zero-order chi connectivity index (χ0) is 24.7. The number of nitrogens with zero attached hydrogens (tertiary/aromatic N) is 1. The van der Waals surface area contributed by atoms with Crippen molar-refractivity contribution in [1.29, 1.82) is 0 Å². The van der Waals surface area contributed by atoms with E-state index in [0.717, 1.165) is 49.7 Å². The predicted octanol–water partition coefficient (Wildman–Crippen LogP) is 5.64. The average molecular weight is 531 g/mol. The van der Waals surface area contributed by atoms with E-state index in [4.69, 9.17) is 49.0 Å². The lowest BCUT2D eigenvalue weighted by atomic mass is 9.78. The Morgan fingerprint density at radius 3 is 2.21 bits per heavy atom. The third-order valence-electron chi connectivity index (χ3n) is 6.10. The van der Waals surface area contributed by atoms with Crippen molar-refractivity contribution in [2.75, 3.05) is 51.9 Å². The van der Waals surface area contributed by atoms with E-state index < -0.39 is 6.10 Å². The fourth-order valence-corrected chi connectivity index (χ4v) is 4.62. The van der Waals surface area contributed by atoms with Crippen LogP contribution in [0.5, 0.6) is 11.5 Å². The summed E-state index contributed by atoms with van der Waals surface area (Å²) in [5.41, 5.74) is 1.73. The van der Waals surface area contributed by atoms with Gasteiger partial charge in [-0.2, -0.15) is 0 Å². The zero-order valence-electron chi connectivity index (χ0n) is 20.0. The first-order chi connectivity index (χ1) is 16.2. The van der Waals surface area contributed by atoms with Crippen LogP contribution in [0, 0.1) is 5.92 Å². The van der Waals surface area contributed by atoms with Gasteiger partial charge < -0.3 is 19.3 Å². The van der Waals surface area contributed by atoms with Gasteiger partial charge in [-0.25, -0.2) is 0 Å². The summed E-state index contributed by atoms with van der Waals surface area (Å²) in [5, 5.41) is 10.4. The summed E-state index contributed by atoms with van der Waals surface area (Å²) in [5.74, 6) is 1.71. The molecule has 2 atom stereocenters. The summed E-state index contributed by atoms with van der Waals surface area (Å²) < 4.78 is 17.0. The summed E-state index contributed by atoms with van der Waals surface area (Å²) in [7, 11) is 0. The van der Waals surface area contributed by atoms with E-state index >= 15 is 0 Å². The highest BCUT2D eigenvalue weighted by Crippen LogP contribution is 2.40. The van der Waals surface area contributed by atoms with Crippen molar-refractivity contribution < 1.29 is 19.3 Å². The number of halogens is 3. The lowest BCUT2D eigenvalue weighted by molar-refractivity contribution is 0.0283. The molecular formula is C26H34Cl3NO4. The monoisotopic (exact) mass is 529 g/mol. The maximum Gasteiger partial charge on any atom is 0.156 e. The Morgan fingerprint density at radius 2 is 1.62 bits per heavy atom. The van der Waals surface area contributed by atoms with E-state index in [9.17, 15) is 5.11 Å². The Kier molecular flexibility index (Phi) is 10.2. The second-order valence-electron chi connectivity index (χ2n) is 9.37.